The molecule has 1 aromatic carbocycles. The van der Waals surface area contributed by atoms with Crippen LogP contribution in [0.5, 0.6) is 5.75 Å². The molecule has 24 heavy (non-hydrogen) atoms. The van der Waals surface area contributed by atoms with Crippen LogP contribution in [0.2, 0.25) is 0 Å². The first-order valence-corrected chi connectivity index (χ1v) is 8.48. The highest BCUT2D eigenvalue weighted by molar-refractivity contribution is 5.98. The number of methoxy groups -OCH3 is 1. The van der Waals surface area contributed by atoms with Gasteiger partial charge in [-0.3, -0.25) is 4.79 Å². The highest BCUT2D eigenvalue weighted by Gasteiger charge is 2.26. The van der Waals surface area contributed by atoms with Crippen LogP contribution in [-0.2, 0) is 4.74 Å². The van der Waals surface area contributed by atoms with E-state index in [1.807, 2.05) is 0 Å². The molecule has 1 heterocycles. The summed E-state index contributed by atoms with van der Waals surface area (Å²) in [5.41, 5.74) is 6.65. The summed E-state index contributed by atoms with van der Waals surface area (Å²) in [6.07, 6.45) is 4.39. The third kappa shape index (κ3) is 3.70. The van der Waals surface area contributed by atoms with E-state index in [0.29, 0.717) is 42.5 Å². The van der Waals surface area contributed by atoms with E-state index in [2.05, 4.69) is 0 Å². The van der Waals surface area contributed by atoms with Crippen molar-refractivity contribution in [2.45, 2.75) is 31.7 Å². The molecule has 1 saturated heterocycles. The van der Waals surface area contributed by atoms with Crippen LogP contribution in [0.15, 0.2) is 18.2 Å². The van der Waals surface area contributed by atoms with Crippen molar-refractivity contribution in [3.8, 4) is 5.75 Å². The quantitative estimate of drug-likeness (QED) is 0.832. The molecule has 1 aliphatic heterocycles. The van der Waals surface area contributed by atoms with Gasteiger partial charge in [-0.25, -0.2) is 4.79 Å². The molecule has 130 valence electrons. The summed E-state index contributed by atoms with van der Waals surface area (Å²) < 4.78 is 10.6. The van der Waals surface area contributed by atoms with Gasteiger partial charge in [-0.2, -0.15) is 0 Å². The number of carbonyl (C=O) groups excluding carboxylic acids is 2. The van der Waals surface area contributed by atoms with Crippen LogP contribution in [0.1, 0.15) is 46.4 Å². The van der Waals surface area contributed by atoms with Crippen molar-refractivity contribution in [3.63, 3.8) is 0 Å². The molecule has 0 aromatic heterocycles. The number of ether oxygens (including phenoxy) is 2. The van der Waals surface area contributed by atoms with Gasteiger partial charge < -0.3 is 20.1 Å². The summed E-state index contributed by atoms with van der Waals surface area (Å²) in [6, 6.07) is 4.93. The second-order valence-electron chi connectivity index (χ2n) is 6.65. The summed E-state index contributed by atoms with van der Waals surface area (Å²) in [5, 5.41) is 0. The molecule has 6 nitrogen and oxygen atoms in total. The zero-order chi connectivity index (χ0) is 17.1. The number of benzene rings is 1. The number of nitrogens with zero attached hydrogens (tertiary/aromatic N) is 1. The lowest BCUT2D eigenvalue weighted by atomic mass is 9.86. The number of hydrogen-bond donors (Lipinski definition) is 1. The third-order valence-electron chi connectivity index (χ3n) is 4.80. The van der Waals surface area contributed by atoms with Gasteiger partial charge in [0.05, 0.1) is 19.3 Å². The van der Waals surface area contributed by atoms with Crippen molar-refractivity contribution < 1.29 is 19.1 Å². The molecule has 0 bridgehead atoms. The average Bonchev–Trinajstić information content (AvgIpc) is 2.98. The Morgan fingerprint density at radius 1 is 1.21 bits per heavy atom. The van der Waals surface area contributed by atoms with Gasteiger partial charge in [-0.1, -0.05) is 6.42 Å². The summed E-state index contributed by atoms with van der Waals surface area (Å²) >= 11 is 0. The topological polar surface area (TPSA) is 81.9 Å². The summed E-state index contributed by atoms with van der Waals surface area (Å²) in [7, 11) is 1.32. The van der Waals surface area contributed by atoms with E-state index in [1.165, 1.54) is 26.4 Å². The molecule has 1 saturated carbocycles. The Bertz CT molecular complexity index is 627. The molecule has 1 atom stereocenters. The fourth-order valence-corrected chi connectivity index (χ4v) is 3.07. The van der Waals surface area contributed by atoms with Crippen molar-refractivity contribution in [2.75, 3.05) is 26.8 Å². The van der Waals surface area contributed by atoms with Gasteiger partial charge in [0.25, 0.3) is 5.91 Å². The van der Waals surface area contributed by atoms with Crippen LogP contribution in [0.25, 0.3) is 0 Å². The van der Waals surface area contributed by atoms with Gasteiger partial charge in [-0.15, -0.1) is 0 Å². The number of carbonyl (C=O) groups is 2. The molecule has 0 radical (unpaired) electrons. The predicted octanol–water partition coefficient (Wildman–Crippen LogP) is 1.83. The molecule has 6 heteroatoms. The van der Waals surface area contributed by atoms with Crippen LogP contribution < -0.4 is 10.5 Å². The van der Waals surface area contributed by atoms with Crippen LogP contribution in [-0.4, -0.2) is 49.6 Å². The Hall–Kier alpha value is -2.08. The first kappa shape index (κ1) is 16.8. The van der Waals surface area contributed by atoms with Gasteiger partial charge in [0.1, 0.15) is 5.75 Å². The van der Waals surface area contributed by atoms with E-state index in [9.17, 15) is 9.59 Å². The number of esters is 1. The van der Waals surface area contributed by atoms with E-state index in [0.717, 1.165) is 6.42 Å². The van der Waals surface area contributed by atoms with E-state index < -0.39 is 5.97 Å². The lowest BCUT2D eigenvalue weighted by molar-refractivity contribution is 0.0600. The molecule has 2 fully saturated rings. The SMILES string of the molecule is COC(=O)c1cc(OCC2CCC2)cc(C(=O)N2CC[C@H](N)C2)c1. The highest BCUT2D eigenvalue weighted by atomic mass is 16.5. The van der Waals surface area contributed by atoms with Gasteiger partial charge in [0, 0.05) is 24.7 Å². The second-order valence-corrected chi connectivity index (χ2v) is 6.65. The number of likely N-dealkylation sites (tertiary alicyclic amines) is 1. The highest BCUT2D eigenvalue weighted by Crippen LogP contribution is 2.28. The van der Waals surface area contributed by atoms with Gasteiger partial charge >= 0.3 is 5.97 Å². The molecule has 2 aliphatic rings. The van der Waals surface area contributed by atoms with Crippen molar-refractivity contribution >= 4 is 11.9 Å². The minimum Gasteiger partial charge on any atom is -0.493 e. The van der Waals surface area contributed by atoms with Crippen LogP contribution in [0.4, 0.5) is 0 Å². The summed E-state index contributed by atoms with van der Waals surface area (Å²) in [6.45, 7) is 1.80. The van der Waals surface area contributed by atoms with Crippen LogP contribution in [0, 0.1) is 5.92 Å². The lowest BCUT2D eigenvalue weighted by Crippen LogP contribution is -2.32. The molecule has 3 rings (SSSR count). The molecule has 1 aliphatic carbocycles. The Balaban J connectivity index is 1.80. The standard InChI is InChI=1S/C18H24N2O4/c1-23-18(22)14-7-13(17(21)20-6-5-15(19)10-20)8-16(9-14)24-11-12-3-2-4-12/h7-9,12,15H,2-6,10-11,19H2,1H3/t15-/m0/s1. The molecule has 1 aromatic rings. The Labute approximate surface area is 141 Å². The number of hydrogen-bond acceptors (Lipinski definition) is 5. The summed E-state index contributed by atoms with van der Waals surface area (Å²) in [4.78, 5) is 26.3. The van der Waals surface area contributed by atoms with E-state index in [-0.39, 0.29) is 11.9 Å². The number of amides is 1. The van der Waals surface area contributed by atoms with Crippen molar-refractivity contribution in [3.05, 3.63) is 29.3 Å². The smallest absolute Gasteiger partial charge is 0.338 e. The number of nitrogens with two attached hydrogens (primary N) is 1. The van der Waals surface area contributed by atoms with Crippen LogP contribution >= 0.6 is 0 Å². The maximum atomic E-state index is 12.7. The van der Waals surface area contributed by atoms with E-state index in [4.69, 9.17) is 15.2 Å². The fourth-order valence-electron chi connectivity index (χ4n) is 3.07. The van der Waals surface area contributed by atoms with Crippen molar-refractivity contribution in [1.82, 2.24) is 4.90 Å². The average molecular weight is 332 g/mol. The Kier molecular flexibility index (Phi) is 5.04. The zero-order valence-corrected chi connectivity index (χ0v) is 14.0. The molecule has 1 amide bonds. The van der Waals surface area contributed by atoms with Gasteiger partial charge in [0.15, 0.2) is 0 Å². The number of rotatable bonds is 5. The maximum Gasteiger partial charge on any atom is 0.338 e. The van der Waals surface area contributed by atoms with E-state index in [1.54, 1.807) is 23.1 Å². The lowest BCUT2D eigenvalue weighted by Gasteiger charge is -2.25. The second kappa shape index (κ2) is 7.21. The Morgan fingerprint density at radius 3 is 2.54 bits per heavy atom. The van der Waals surface area contributed by atoms with Crippen LogP contribution in [0.3, 0.4) is 0 Å². The first-order valence-electron chi connectivity index (χ1n) is 8.48. The summed E-state index contributed by atoms with van der Waals surface area (Å²) in [5.74, 6) is 0.512. The minimum atomic E-state index is -0.476. The van der Waals surface area contributed by atoms with Gasteiger partial charge in [-0.05, 0) is 43.4 Å². The van der Waals surface area contributed by atoms with Crippen molar-refractivity contribution in [2.24, 2.45) is 11.7 Å². The largest absolute Gasteiger partial charge is 0.493 e. The monoisotopic (exact) mass is 332 g/mol. The predicted molar refractivity (Wildman–Crippen MR) is 89.1 cm³/mol. The fraction of sp³-hybridized carbons (Fsp3) is 0.556. The Morgan fingerprint density at radius 2 is 1.96 bits per heavy atom. The first-order chi connectivity index (χ1) is 11.6. The molecule has 2 N–H and O–H groups in total. The third-order valence-corrected chi connectivity index (χ3v) is 4.80. The maximum absolute atomic E-state index is 12.7. The molecular formula is C18H24N2O4. The van der Waals surface area contributed by atoms with E-state index >= 15 is 0 Å². The molecule has 0 unspecified atom stereocenters. The van der Waals surface area contributed by atoms with Crippen molar-refractivity contribution in [1.29, 1.82) is 0 Å². The molecular weight excluding hydrogens is 308 g/mol. The zero-order valence-electron chi connectivity index (χ0n) is 14.0. The normalized spacial score (nSPS) is 20.6. The molecule has 0 spiro atoms. The van der Waals surface area contributed by atoms with Gasteiger partial charge in [0.2, 0.25) is 0 Å². The minimum absolute atomic E-state index is 0.0204.